The number of sulfonamides is 1. The number of para-hydroxylation sites is 1. The molecule has 3 aromatic rings. The summed E-state index contributed by atoms with van der Waals surface area (Å²) >= 11 is 0. The molecule has 2 heterocycles. The van der Waals surface area contributed by atoms with Crippen LogP contribution in [0.1, 0.15) is 22.6 Å². The van der Waals surface area contributed by atoms with E-state index in [2.05, 4.69) is 5.16 Å². The van der Waals surface area contributed by atoms with Crippen molar-refractivity contribution in [1.82, 2.24) is 5.16 Å². The molecule has 0 bridgehead atoms. The smallest absolute Gasteiger partial charge is 0.241 e. The largest absolute Gasteiger partial charge is 0.361 e. The van der Waals surface area contributed by atoms with Crippen molar-refractivity contribution >= 4 is 15.7 Å². The zero-order valence-corrected chi connectivity index (χ0v) is 15.3. The number of aryl methyl sites for hydroxylation is 1. The molecule has 1 aliphatic rings. The minimum absolute atomic E-state index is 0.132. The second-order valence-corrected chi connectivity index (χ2v) is 8.50. The molecule has 0 amide bonds. The van der Waals surface area contributed by atoms with Gasteiger partial charge in [0.25, 0.3) is 0 Å². The molecule has 0 N–H and O–H groups in total. The lowest BCUT2D eigenvalue weighted by molar-refractivity contribution is 0.392. The van der Waals surface area contributed by atoms with Gasteiger partial charge in [-0.3, -0.25) is 4.31 Å². The SMILES string of the molecule is Cc1cc(CS(=O)(=O)N2c3ccccc3CC2Cc2ccccc2)no1. The Balaban J connectivity index is 1.68. The van der Waals surface area contributed by atoms with Crippen LogP contribution in [0.15, 0.2) is 65.2 Å². The second kappa shape index (κ2) is 6.61. The van der Waals surface area contributed by atoms with Crippen LogP contribution in [-0.2, 0) is 28.6 Å². The Morgan fingerprint density at radius 1 is 1.12 bits per heavy atom. The molecule has 1 atom stereocenters. The Labute approximate surface area is 153 Å². The Hall–Kier alpha value is -2.60. The number of benzene rings is 2. The van der Waals surface area contributed by atoms with E-state index in [9.17, 15) is 8.42 Å². The Bertz CT molecular complexity index is 1010. The molecule has 1 aliphatic heterocycles. The Morgan fingerprint density at radius 3 is 2.58 bits per heavy atom. The van der Waals surface area contributed by atoms with Crippen LogP contribution in [0.25, 0.3) is 0 Å². The fraction of sp³-hybridized carbons (Fsp3) is 0.250. The van der Waals surface area contributed by atoms with Crippen molar-refractivity contribution in [2.75, 3.05) is 4.31 Å². The van der Waals surface area contributed by atoms with Gasteiger partial charge < -0.3 is 4.52 Å². The van der Waals surface area contributed by atoms with Crippen molar-refractivity contribution in [2.45, 2.75) is 31.6 Å². The van der Waals surface area contributed by atoms with E-state index in [0.717, 1.165) is 16.8 Å². The van der Waals surface area contributed by atoms with E-state index in [1.807, 2.05) is 54.6 Å². The molecular formula is C20H20N2O3S. The predicted octanol–water partition coefficient (Wildman–Crippen LogP) is 3.49. The summed E-state index contributed by atoms with van der Waals surface area (Å²) in [5, 5.41) is 3.86. The van der Waals surface area contributed by atoms with Crippen molar-refractivity contribution in [2.24, 2.45) is 0 Å². The van der Waals surface area contributed by atoms with Gasteiger partial charge in [-0.2, -0.15) is 0 Å². The molecule has 4 rings (SSSR count). The first-order valence-electron chi connectivity index (χ1n) is 8.59. The third-order valence-corrected chi connectivity index (χ3v) is 6.39. The zero-order chi connectivity index (χ0) is 18.1. The maximum atomic E-state index is 13.2. The van der Waals surface area contributed by atoms with Gasteiger partial charge in [0.1, 0.15) is 17.2 Å². The molecule has 0 saturated carbocycles. The number of fused-ring (bicyclic) bond motifs is 1. The maximum Gasteiger partial charge on any atom is 0.241 e. The van der Waals surface area contributed by atoms with Crippen LogP contribution in [0.5, 0.6) is 0 Å². The summed E-state index contributed by atoms with van der Waals surface area (Å²) in [7, 11) is -3.57. The third-order valence-electron chi connectivity index (χ3n) is 4.64. The first-order valence-corrected chi connectivity index (χ1v) is 10.2. The first-order chi connectivity index (χ1) is 12.5. The van der Waals surface area contributed by atoms with E-state index in [4.69, 9.17) is 4.52 Å². The molecule has 0 aliphatic carbocycles. The van der Waals surface area contributed by atoms with Gasteiger partial charge in [-0.05, 0) is 37.0 Å². The molecule has 134 valence electrons. The first kappa shape index (κ1) is 16.8. The zero-order valence-electron chi connectivity index (χ0n) is 14.5. The third kappa shape index (κ3) is 3.24. The van der Waals surface area contributed by atoms with Crippen molar-refractivity contribution in [1.29, 1.82) is 0 Å². The fourth-order valence-electron chi connectivity index (χ4n) is 3.59. The van der Waals surface area contributed by atoms with Crippen LogP contribution in [0.4, 0.5) is 5.69 Å². The summed E-state index contributed by atoms with van der Waals surface area (Å²) in [5.41, 5.74) is 3.40. The monoisotopic (exact) mass is 368 g/mol. The fourth-order valence-corrected chi connectivity index (χ4v) is 5.32. The number of rotatable bonds is 5. The Kier molecular flexibility index (Phi) is 4.28. The molecule has 6 heteroatoms. The average Bonchev–Trinajstić information content (AvgIpc) is 3.18. The van der Waals surface area contributed by atoms with Crippen LogP contribution in [0.2, 0.25) is 0 Å². The lowest BCUT2D eigenvalue weighted by Gasteiger charge is -2.26. The van der Waals surface area contributed by atoms with Gasteiger partial charge in [0.05, 0.1) is 11.7 Å². The van der Waals surface area contributed by atoms with Crippen molar-refractivity contribution in [3.05, 3.63) is 83.2 Å². The van der Waals surface area contributed by atoms with Gasteiger partial charge >= 0.3 is 0 Å². The summed E-state index contributed by atoms with van der Waals surface area (Å²) < 4.78 is 33.1. The van der Waals surface area contributed by atoms with Crippen LogP contribution in [0.3, 0.4) is 0 Å². The van der Waals surface area contributed by atoms with Gasteiger partial charge in [0.2, 0.25) is 10.0 Å². The summed E-state index contributed by atoms with van der Waals surface area (Å²) in [5.74, 6) is 0.446. The lowest BCUT2D eigenvalue weighted by Crippen LogP contribution is -2.39. The topological polar surface area (TPSA) is 63.4 Å². The van der Waals surface area contributed by atoms with E-state index >= 15 is 0 Å². The highest BCUT2D eigenvalue weighted by Crippen LogP contribution is 2.36. The average molecular weight is 368 g/mol. The van der Waals surface area contributed by atoms with Crippen LogP contribution >= 0.6 is 0 Å². The van der Waals surface area contributed by atoms with Gasteiger partial charge in [0.15, 0.2) is 0 Å². The number of hydrogen-bond acceptors (Lipinski definition) is 4. The van der Waals surface area contributed by atoms with E-state index in [1.165, 1.54) is 0 Å². The van der Waals surface area contributed by atoms with E-state index in [0.29, 0.717) is 24.3 Å². The molecule has 5 nitrogen and oxygen atoms in total. The highest BCUT2D eigenvalue weighted by molar-refractivity contribution is 7.92. The van der Waals surface area contributed by atoms with Crippen LogP contribution in [-0.4, -0.2) is 19.6 Å². The van der Waals surface area contributed by atoms with Gasteiger partial charge in [-0.25, -0.2) is 8.42 Å². The molecule has 1 aromatic heterocycles. The number of nitrogens with zero attached hydrogens (tertiary/aromatic N) is 2. The molecule has 1 unspecified atom stereocenters. The molecule has 0 fully saturated rings. The number of anilines is 1. The second-order valence-electron chi connectivity index (χ2n) is 6.66. The van der Waals surface area contributed by atoms with E-state index < -0.39 is 10.0 Å². The lowest BCUT2D eigenvalue weighted by atomic mass is 10.0. The molecule has 26 heavy (non-hydrogen) atoms. The molecule has 0 saturated heterocycles. The maximum absolute atomic E-state index is 13.2. The quantitative estimate of drug-likeness (QED) is 0.692. The van der Waals surface area contributed by atoms with Crippen LogP contribution in [0, 0.1) is 6.92 Å². The van der Waals surface area contributed by atoms with E-state index in [1.54, 1.807) is 17.3 Å². The summed E-state index contributed by atoms with van der Waals surface area (Å²) in [6.45, 7) is 1.76. The number of hydrogen-bond donors (Lipinski definition) is 0. The standard InChI is InChI=1S/C20H20N2O3S/c1-15-11-18(21-25-15)14-26(23,24)22-19(12-16-7-3-2-4-8-16)13-17-9-5-6-10-20(17)22/h2-11,19H,12-14H2,1H3. The van der Waals surface area contributed by atoms with Gasteiger partial charge in [-0.15, -0.1) is 0 Å². The van der Waals surface area contributed by atoms with E-state index in [-0.39, 0.29) is 11.8 Å². The molecule has 0 radical (unpaired) electrons. The molecule has 0 spiro atoms. The summed E-state index contributed by atoms with van der Waals surface area (Å²) in [6, 6.07) is 19.3. The summed E-state index contributed by atoms with van der Waals surface area (Å²) in [4.78, 5) is 0. The predicted molar refractivity (Wildman–Crippen MR) is 100 cm³/mol. The normalized spacial score (nSPS) is 16.7. The highest BCUT2D eigenvalue weighted by atomic mass is 32.2. The van der Waals surface area contributed by atoms with Gasteiger partial charge in [0, 0.05) is 6.07 Å². The van der Waals surface area contributed by atoms with Crippen LogP contribution < -0.4 is 4.31 Å². The highest BCUT2D eigenvalue weighted by Gasteiger charge is 2.37. The summed E-state index contributed by atoms with van der Waals surface area (Å²) in [6.07, 6.45) is 1.38. The van der Waals surface area contributed by atoms with Crippen molar-refractivity contribution < 1.29 is 12.9 Å². The minimum Gasteiger partial charge on any atom is -0.361 e. The van der Waals surface area contributed by atoms with Crippen molar-refractivity contribution in [3.8, 4) is 0 Å². The number of aromatic nitrogens is 1. The van der Waals surface area contributed by atoms with Crippen molar-refractivity contribution in [3.63, 3.8) is 0 Å². The van der Waals surface area contributed by atoms with Gasteiger partial charge in [-0.1, -0.05) is 53.7 Å². The molecular weight excluding hydrogens is 348 g/mol. The molecule has 2 aromatic carbocycles. The Morgan fingerprint density at radius 2 is 1.85 bits per heavy atom. The minimum atomic E-state index is -3.57.